The molecule has 0 bridgehead atoms. The largest absolute Gasteiger partial charge is 0.379 e. The van der Waals surface area contributed by atoms with Gasteiger partial charge in [0.25, 0.3) is 0 Å². The summed E-state index contributed by atoms with van der Waals surface area (Å²) in [7, 11) is 0. The van der Waals surface area contributed by atoms with Crippen molar-refractivity contribution in [3.63, 3.8) is 0 Å². The topological polar surface area (TPSA) is 87.0 Å². The van der Waals surface area contributed by atoms with E-state index in [-0.39, 0.29) is 30.5 Å². The standard InChI is InChI=1S/C65H58O8/c1-38(69-32-52-36-73-52)48-25-46-6-4-41-8-14-54(58-18-12-47(26-48)62(46)64(41)58)43-10-16-56-55-15-9-42(27-59(55)65(60(56)28-43,37-68-31-51-35-72-51)20-2-21-66-29-49-33-70-49)53-13-7-40-3-5-44-23-39(19-22-67-30-50-34-71-50)24-45-11-17-57(53)63(40)61(44)45/h3-18,23-28,38,49-52H,2,19-22,29-37H2,1H3. The lowest BCUT2D eigenvalue weighted by atomic mass is 9.74. The lowest BCUT2D eigenvalue weighted by Gasteiger charge is -2.33. The van der Waals surface area contributed by atoms with Crippen molar-refractivity contribution in [2.45, 2.75) is 62.1 Å². The minimum absolute atomic E-state index is 0.0215. The summed E-state index contributed by atoms with van der Waals surface area (Å²) in [6, 6.07) is 51.6. The molecule has 4 fully saturated rings. The SMILES string of the molecule is CC(OCC1CO1)c1cc2ccc3ccc(-c4ccc5c(c4)C(CCCOCC4CO4)(COCC4CO4)c4cc(-c6ccc7ccc8cc(CCOCC9CO9)cc9ccc6c7c89)ccc4-5)c4ccc(c1)c2c34. The number of benzene rings is 10. The highest BCUT2D eigenvalue weighted by molar-refractivity contribution is 6.27. The molecule has 366 valence electrons. The molecule has 0 N–H and O–H groups in total. The summed E-state index contributed by atoms with van der Waals surface area (Å²) in [4.78, 5) is 0. The fraction of sp³-hybridized carbons (Fsp3) is 0.323. The van der Waals surface area contributed by atoms with Crippen molar-refractivity contribution in [3.05, 3.63) is 156 Å². The van der Waals surface area contributed by atoms with E-state index in [9.17, 15) is 0 Å². The summed E-state index contributed by atoms with van der Waals surface area (Å²) in [5, 5.41) is 15.3. The van der Waals surface area contributed by atoms with E-state index in [0.29, 0.717) is 46.2 Å². The number of hydrogen-bond donors (Lipinski definition) is 0. The average Bonchev–Trinajstić information content (AvgIpc) is 4.18. The molecule has 8 nitrogen and oxygen atoms in total. The number of hydrogen-bond acceptors (Lipinski definition) is 8. The molecule has 0 aromatic heterocycles. The number of fused-ring (bicyclic) bond motifs is 3. The summed E-state index contributed by atoms with van der Waals surface area (Å²) in [5.41, 5.74) is 12.1. The molecule has 0 spiro atoms. The third-order valence-corrected chi connectivity index (χ3v) is 16.6. The molecule has 5 aliphatic rings. The number of epoxide rings is 4. The highest BCUT2D eigenvalue weighted by atomic mass is 16.6. The van der Waals surface area contributed by atoms with Crippen LogP contribution in [0.25, 0.3) is 98.0 Å². The minimum atomic E-state index is -0.439. The van der Waals surface area contributed by atoms with Crippen LogP contribution in [0.15, 0.2) is 133 Å². The Bertz CT molecular complexity index is 3700. The van der Waals surface area contributed by atoms with Crippen molar-refractivity contribution in [3.8, 4) is 33.4 Å². The Labute approximate surface area is 424 Å². The summed E-state index contributed by atoms with van der Waals surface area (Å²) >= 11 is 0. The monoisotopic (exact) mass is 966 g/mol. The second-order valence-corrected chi connectivity index (χ2v) is 21.5. The van der Waals surface area contributed by atoms with Crippen LogP contribution in [0.1, 0.15) is 48.1 Å². The summed E-state index contributed by atoms with van der Waals surface area (Å²) in [6.07, 6.45) is 3.50. The van der Waals surface area contributed by atoms with Crippen molar-refractivity contribution in [2.75, 3.05) is 72.7 Å². The van der Waals surface area contributed by atoms with Gasteiger partial charge in [-0.25, -0.2) is 0 Å². The zero-order valence-corrected chi connectivity index (χ0v) is 41.3. The summed E-state index contributed by atoms with van der Waals surface area (Å²) < 4.78 is 47.3. The second-order valence-electron chi connectivity index (χ2n) is 21.5. The van der Waals surface area contributed by atoms with Gasteiger partial charge in [-0.15, -0.1) is 0 Å². The normalized spacial score (nSPS) is 22.1. The summed E-state index contributed by atoms with van der Waals surface area (Å²) in [5.74, 6) is 0. The quantitative estimate of drug-likeness (QED) is 0.0400. The lowest BCUT2D eigenvalue weighted by Crippen LogP contribution is -2.32. The van der Waals surface area contributed by atoms with E-state index in [1.807, 2.05) is 0 Å². The van der Waals surface area contributed by atoms with Crippen molar-refractivity contribution in [1.82, 2.24) is 0 Å². The maximum Gasteiger partial charge on any atom is 0.104 e. The fourth-order valence-corrected chi connectivity index (χ4v) is 12.4. The highest BCUT2D eigenvalue weighted by Gasteiger charge is 2.44. The van der Waals surface area contributed by atoms with E-state index >= 15 is 0 Å². The molecule has 15 rings (SSSR count). The Morgan fingerprint density at radius 3 is 1.47 bits per heavy atom. The number of rotatable bonds is 21. The van der Waals surface area contributed by atoms with Crippen molar-refractivity contribution in [2.24, 2.45) is 0 Å². The van der Waals surface area contributed by atoms with Crippen LogP contribution in [0.3, 0.4) is 0 Å². The van der Waals surface area contributed by atoms with Gasteiger partial charge in [0.2, 0.25) is 0 Å². The summed E-state index contributed by atoms with van der Waals surface area (Å²) in [6.45, 7) is 9.74. The third-order valence-electron chi connectivity index (χ3n) is 16.6. The molecule has 0 radical (unpaired) electrons. The third kappa shape index (κ3) is 8.15. The first-order chi connectivity index (χ1) is 36.0. The van der Waals surface area contributed by atoms with Crippen LogP contribution in [-0.4, -0.2) is 97.1 Å². The Morgan fingerprint density at radius 2 is 0.918 bits per heavy atom. The van der Waals surface area contributed by atoms with Crippen LogP contribution < -0.4 is 0 Å². The molecular weight excluding hydrogens is 909 g/mol. The van der Waals surface area contributed by atoms with Crippen LogP contribution in [0.5, 0.6) is 0 Å². The molecule has 4 saturated heterocycles. The molecule has 8 heteroatoms. The van der Waals surface area contributed by atoms with E-state index in [4.69, 9.17) is 37.9 Å². The first kappa shape index (κ1) is 44.4. The van der Waals surface area contributed by atoms with Gasteiger partial charge in [-0.1, -0.05) is 109 Å². The average molecular weight is 967 g/mol. The smallest absolute Gasteiger partial charge is 0.104 e. The van der Waals surface area contributed by atoms with Gasteiger partial charge in [-0.3, -0.25) is 0 Å². The highest BCUT2D eigenvalue weighted by Crippen LogP contribution is 2.55. The second kappa shape index (κ2) is 17.8. The van der Waals surface area contributed by atoms with Gasteiger partial charge in [-0.2, -0.15) is 0 Å². The Balaban J connectivity index is 0.831. The van der Waals surface area contributed by atoms with E-state index in [1.54, 1.807) is 0 Å². The first-order valence-corrected chi connectivity index (χ1v) is 26.5. The lowest BCUT2D eigenvalue weighted by molar-refractivity contribution is 0.0541. The molecule has 1 aliphatic carbocycles. The molecular formula is C65H58O8. The molecule has 6 unspecified atom stereocenters. The maximum absolute atomic E-state index is 6.85. The molecule has 73 heavy (non-hydrogen) atoms. The predicted octanol–water partition coefficient (Wildman–Crippen LogP) is 13.1. The Kier molecular flexibility index (Phi) is 10.9. The molecule has 10 aromatic rings. The van der Waals surface area contributed by atoms with Crippen LogP contribution in [-0.2, 0) is 49.7 Å². The van der Waals surface area contributed by atoms with Gasteiger partial charge in [0.1, 0.15) is 24.4 Å². The molecule has 0 amide bonds. The van der Waals surface area contributed by atoms with Crippen molar-refractivity contribution < 1.29 is 37.9 Å². The van der Waals surface area contributed by atoms with Gasteiger partial charge < -0.3 is 37.9 Å². The molecule has 4 aliphatic heterocycles. The minimum Gasteiger partial charge on any atom is -0.379 e. The van der Waals surface area contributed by atoms with Gasteiger partial charge >= 0.3 is 0 Å². The van der Waals surface area contributed by atoms with E-state index in [1.165, 1.54) is 120 Å². The maximum atomic E-state index is 6.85. The van der Waals surface area contributed by atoms with E-state index in [0.717, 1.165) is 45.7 Å². The first-order valence-electron chi connectivity index (χ1n) is 26.5. The van der Waals surface area contributed by atoms with Gasteiger partial charge in [0, 0.05) is 12.0 Å². The van der Waals surface area contributed by atoms with Crippen molar-refractivity contribution >= 4 is 64.6 Å². The fourth-order valence-electron chi connectivity index (χ4n) is 12.4. The van der Waals surface area contributed by atoms with Crippen LogP contribution in [0.4, 0.5) is 0 Å². The zero-order chi connectivity index (χ0) is 48.2. The number of ether oxygens (including phenoxy) is 8. The van der Waals surface area contributed by atoms with Crippen LogP contribution >= 0.6 is 0 Å². The van der Waals surface area contributed by atoms with Gasteiger partial charge in [-0.05, 0) is 171 Å². The molecule has 4 heterocycles. The van der Waals surface area contributed by atoms with Crippen LogP contribution in [0.2, 0.25) is 0 Å². The zero-order valence-electron chi connectivity index (χ0n) is 41.3. The molecule has 6 atom stereocenters. The van der Waals surface area contributed by atoms with E-state index < -0.39 is 5.41 Å². The van der Waals surface area contributed by atoms with Gasteiger partial charge in [0.15, 0.2) is 0 Å². The molecule has 10 aromatic carbocycles. The van der Waals surface area contributed by atoms with E-state index in [2.05, 4.69) is 140 Å². The van der Waals surface area contributed by atoms with Crippen LogP contribution in [0, 0.1) is 0 Å². The predicted molar refractivity (Wildman–Crippen MR) is 290 cm³/mol. The Morgan fingerprint density at radius 1 is 0.466 bits per heavy atom. The Hall–Kier alpha value is -6.04. The molecule has 0 saturated carbocycles. The van der Waals surface area contributed by atoms with Crippen molar-refractivity contribution in [1.29, 1.82) is 0 Å². The van der Waals surface area contributed by atoms with Gasteiger partial charge in [0.05, 0.1) is 72.2 Å².